The van der Waals surface area contributed by atoms with E-state index in [4.69, 9.17) is 0 Å². The lowest BCUT2D eigenvalue weighted by Gasteiger charge is -2.04. The number of unbranched alkanes of at least 4 members (excludes halogenated alkanes) is 10. The van der Waals surface area contributed by atoms with Crippen LogP contribution in [-0.4, -0.2) is 8.35 Å². The van der Waals surface area contributed by atoms with Crippen LogP contribution in [0.5, 0.6) is 0 Å². The highest BCUT2D eigenvalue weighted by Gasteiger charge is 1.99. The second kappa shape index (κ2) is 18.2. The topological polar surface area (TPSA) is 0 Å². The van der Waals surface area contributed by atoms with E-state index in [1.807, 2.05) is 0 Å². The van der Waals surface area contributed by atoms with E-state index >= 15 is 0 Å². The highest BCUT2D eigenvalue weighted by Crippen LogP contribution is 2.15. The molecule has 0 radical (unpaired) electrons. The van der Waals surface area contributed by atoms with E-state index in [0.717, 1.165) is 3.92 Å². The first-order valence-electron chi connectivity index (χ1n) is 8.66. The van der Waals surface area contributed by atoms with E-state index in [1.54, 1.807) is 0 Å². The summed E-state index contributed by atoms with van der Waals surface area (Å²) in [7, 11) is 0. The normalized spacial score (nSPS) is 13.2. The van der Waals surface area contributed by atoms with Crippen LogP contribution in [0.1, 0.15) is 90.4 Å². The van der Waals surface area contributed by atoms with Crippen molar-refractivity contribution in [3.63, 3.8) is 0 Å². The van der Waals surface area contributed by atoms with Crippen molar-refractivity contribution in [3.8, 4) is 0 Å². The van der Waals surface area contributed by atoms with Crippen LogP contribution in [0.3, 0.4) is 0 Å². The molecule has 0 spiro atoms. The van der Waals surface area contributed by atoms with Crippen molar-refractivity contribution in [1.82, 2.24) is 0 Å². The molecule has 0 nitrogen and oxygen atoms in total. The Kier molecular flexibility index (Phi) is 19.3. The highest BCUT2D eigenvalue weighted by atomic mass is 127. The molecule has 20 heavy (non-hydrogen) atoms. The van der Waals surface area contributed by atoms with E-state index in [-0.39, 0.29) is 0 Å². The van der Waals surface area contributed by atoms with Crippen LogP contribution in [0, 0.1) is 0 Å². The molecule has 0 N–H and O–H groups in total. The van der Waals surface area contributed by atoms with Gasteiger partial charge in [-0.25, -0.2) is 0 Å². The average Bonchev–Trinajstić information content (AvgIpc) is 2.47. The lowest BCUT2D eigenvalue weighted by Crippen LogP contribution is -1.97. The minimum Gasteiger partial charge on any atom is -0.0885 e. The third-order valence-electron chi connectivity index (χ3n) is 3.70. The zero-order valence-electron chi connectivity index (χ0n) is 13.4. The molecule has 0 aromatic rings. The molecule has 1 unspecified atom stereocenters. The SMILES string of the molecule is CCCCCCCC/C=C\CCCCCCC(I)CI. The molecule has 2 heteroatoms. The van der Waals surface area contributed by atoms with Crippen LogP contribution in [0.15, 0.2) is 12.2 Å². The molecule has 0 aromatic carbocycles. The molecule has 0 aliphatic carbocycles. The van der Waals surface area contributed by atoms with Crippen LogP contribution in [0.2, 0.25) is 0 Å². The third-order valence-corrected chi connectivity index (χ3v) is 7.51. The average molecular weight is 504 g/mol. The summed E-state index contributed by atoms with van der Waals surface area (Å²) in [6.45, 7) is 2.28. The van der Waals surface area contributed by atoms with Crippen LogP contribution in [0.4, 0.5) is 0 Å². The van der Waals surface area contributed by atoms with Gasteiger partial charge in [0, 0.05) is 8.35 Å². The number of rotatable bonds is 15. The second-order valence-electron chi connectivity index (χ2n) is 5.77. The molecule has 0 saturated heterocycles. The summed E-state index contributed by atoms with van der Waals surface area (Å²) in [4.78, 5) is 0. The molecule has 0 aromatic heterocycles. The van der Waals surface area contributed by atoms with E-state index in [9.17, 15) is 0 Å². The summed E-state index contributed by atoms with van der Waals surface area (Å²) in [6.07, 6.45) is 23.0. The predicted molar refractivity (Wildman–Crippen MR) is 112 cm³/mol. The van der Waals surface area contributed by atoms with Gasteiger partial charge in [-0.05, 0) is 32.1 Å². The van der Waals surface area contributed by atoms with Crippen molar-refractivity contribution < 1.29 is 0 Å². The monoisotopic (exact) mass is 504 g/mol. The lowest BCUT2D eigenvalue weighted by molar-refractivity contribution is 0.609. The molecule has 0 amide bonds. The van der Waals surface area contributed by atoms with Gasteiger partial charge < -0.3 is 0 Å². The number of halogens is 2. The Labute approximate surface area is 155 Å². The van der Waals surface area contributed by atoms with Gasteiger partial charge in [-0.15, -0.1) is 0 Å². The van der Waals surface area contributed by atoms with E-state index in [2.05, 4.69) is 64.3 Å². The van der Waals surface area contributed by atoms with E-state index in [1.165, 1.54) is 87.9 Å². The minimum atomic E-state index is 0.894. The highest BCUT2D eigenvalue weighted by molar-refractivity contribution is 14.1. The van der Waals surface area contributed by atoms with Crippen molar-refractivity contribution in [2.75, 3.05) is 4.43 Å². The maximum atomic E-state index is 2.58. The van der Waals surface area contributed by atoms with Crippen molar-refractivity contribution in [1.29, 1.82) is 0 Å². The van der Waals surface area contributed by atoms with Gasteiger partial charge in [0.05, 0.1) is 0 Å². The summed E-state index contributed by atoms with van der Waals surface area (Å²) in [6, 6.07) is 0. The van der Waals surface area contributed by atoms with Gasteiger partial charge in [-0.3, -0.25) is 0 Å². The molecule has 120 valence electrons. The molecular formula is C18H34I2. The van der Waals surface area contributed by atoms with Crippen molar-refractivity contribution in [2.45, 2.75) is 94.3 Å². The number of allylic oxidation sites excluding steroid dienone is 2. The van der Waals surface area contributed by atoms with Gasteiger partial charge >= 0.3 is 0 Å². The number of hydrogen-bond donors (Lipinski definition) is 0. The molecule has 0 aliphatic rings. The summed E-state index contributed by atoms with van der Waals surface area (Å²) >= 11 is 5.08. The molecule has 0 saturated carbocycles. The first kappa shape index (κ1) is 21.2. The number of hydrogen-bond acceptors (Lipinski definition) is 0. The summed E-state index contributed by atoms with van der Waals surface area (Å²) < 4.78 is 2.20. The molecule has 0 rings (SSSR count). The Bertz CT molecular complexity index is 202. The summed E-state index contributed by atoms with van der Waals surface area (Å²) in [5.74, 6) is 0. The molecular weight excluding hydrogens is 470 g/mol. The lowest BCUT2D eigenvalue weighted by atomic mass is 10.1. The minimum absolute atomic E-state index is 0.894. The Morgan fingerprint density at radius 1 is 0.750 bits per heavy atom. The summed E-state index contributed by atoms with van der Waals surface area (Å²) in [5.41, 5.74) is 0. The van der Waals surface area contributed by atoms with Gasteiger partial charge in [-0.1, -0.05) is 116 Å². The Hall–Kier alpha value is 1.20. The van der Waals surface area contributed by atoms with E-state index in [0.29, 0.717) is 0 Å². The van der Waals surface area contributed by atoms with Gasteiger partial charge in [-0.2, -0.15) is 0 Å². The molecule has 0 bridgehead atoms. The summed E-state index contributed by atoms with van der Waals surface area (Å²) in [5, 5.41) is 0. The Balaban J connectivity index is 3.09. The smallest absolute Gasteiger partial charge is 0.0199 e. The van der Waals surface area contributed by atoms with Crippen molar-refractivity contribution in [2.24, 2.45) is 0 Å². The maximum Gasteiger partial charge on any atom is 0.0199 e. The van der Waals surface area contributed by atoms with Gasteiger partial charge in [0.2, 0.25) is 0 Å². The van der Waals surface area contributed by atoms with Crippen LogP contribution < -0.4 is 0 Å². The fourth-order valence-electron chi connectivity index (χ4n) is 2.34. The largest absolute Gasteiger partial charge is 0.0885 e. The predicted octanol–water partition coefficient (Wildman–Crippen LogP) is 7.87. The van der Waals surface area contributed by atoms with Gasteiger partial charge in [0.1, 0.15) is 0 Å². The van der Waals surface area contributed by atoms with Crippen molar-refractivity contribution in [3.05, 3.63) is 12.2 Å². The first-order chi connectivity index (χ1) is 9.81. The van der Waals surface area contributed by atoms with Crippen molar-refractivity contribution >= 4 is 45.2 Å². The molecule has 0 heterocycles. The molecule has 0 aliphatic heterocycles. The Morgan fingerprint density at radius 3 is 1.80 bits per heavy atom. The van der Waals surface area contributed by atoms with Gasteiger partial charge in [0.25, 0.3) is 0 Å². The van der Waals surface area contributed by atoms with E-state index < -0.39 is 0 Å². The first-order valence-corrected chi connectivity index (χ1v) is 11.4. The standard InChI is InChI=1S/C18H34I2/c1-2-3-4-5-6-7-8-9-10-11-12-13-14-15-16-18(20)17-19/h9-10,18H,2-8,11-17H2,1H3/b10-9-. The molecule has 0 fully saturated rings. The zero-order chi connectivity index (χ0) is 14.9. The van der Waals surface area contributed by atoms with Crippen LogP contribution in [0.25, 0.3) is 0 Å². The fourth-order valence-corrected chi connectivity index (χ4v) is 3.22. The second-order valence-corrected chi connectivity index (χ2v) is 8.41. The molecule has 1 atom stereocenters. The van der Waals surface area contributed by atoms with Crippen LogP contribution >= 0.6 is 45.2 Å². The zero-order valence-corrected chi connectivity index (χ0v) is 17.7. The van der Waals surface area contributed by atoms with Gasteiger partial charge in [0.15, 0.2) is 0 Å². The fraction of sp³-hybridized carbons (Fsp3) is 0.889. The van der Waals surface area contributed by atoms with Crippen LogP contribution in [-0.2, 0) is 0 Å². The third kappa shape index (κ3) is 17.3. The quantitative estimate of drug-likeness (QED) is 0.0922. The Morgan fingerprint density at radius 2 is 1.25 bits per heavy atom. The number of alkyl halides is 2. The maximum absolute atomic E-state index is 2.58.